The molecule has 0 radical (unpaired) electrons. The van der Waals surface area contributed by atoms with E-state index in [0.717, 1.165) is 73.1 Å². The van der Waals surface area contributed by atoms with Gasteiger partial charge in [-0.1, -0.05) is 131 Å². The fourth-order valence-corrected chi connectivity index (χ4v) is 8.09. The Labute approximate surface area is 486 Å². The number of hydrogen-bond acceptors (Lipinski definition) is 13. The molecule has 0 bridgehead atoms. The SMILES string of the molecule is CCC(C)(C)C(=O)OCC1CO1.CCC(C)(C)C(=O)OCCOc1ccc2sc3ccccc3c(=O)c2c1.CCC(C)(C)c1ccccc1.CCC1(COC(=O)C(C)(C)CC)COC1.CCCCC(CC)COC(=O)C(C)(C)CC. The predicted octanol–water partition coefficient (Wildman–Crippen LogP) is 16.1. The highest BCUT2D eigenvalue weighted by molar-refractivity contribution is 7.24. The molecule has 2 aliphatic rings. The molecule has 2 saturated heterocycles. The van der Waals surface area contributed by atoms with Gasteiger partial charge in [0.2, 0.25) is 0 Å². The van der Waals surface area contributed by atoms with Gasteiger partial charge in [0.05, 0.1) is 53.5 Å². The predicted molar refractivity (Wildman–Crippen MR) is 328 cm³/mol. The van der Waals surface area contributed by atoms with Gasteiger partial charge in [0.25, 0.3) is 0 Å². The Hall–Kier alpha value is -4.85. The molecule has 0 saturated carbocycles. The Morgan fingerprint density at radius 1 is 0.613 bits per heavy atom. The van der Waals surface area contributed by atoms with Crippen molar-refractivity contribution >= 4 is 55.4 Å². The van der Waals surface area contributed by atoms with Gasteiger partial charge in [0.15, 0.2) is 5.43 Å². The van der Waals surface area contributed by atoms with Crippen LogP contribution in [0.3, 0.4) is 0 Å². The van der Waals surface area contributed by atoms with E-state index in [1.54, 1.807) is 17.4 Å². The number of carbonyl (C=O) groups is 4. The third-order valence-corrected chi connectivity index (χ3v) is 17.3. The number of fused-ring (bicyclic) bond motifs is 2. The molecule has 80 heavy (non-hydrogen) atoms. The lowest BCUT2D eigenvalue weighted by Crippen LogP contribution is -2.47. The first-order chi connectivity index (χ1) is 37.6. The monoisotopic (exact) mass is 1130 g/mol. The number of unbranched alkanes of at least 4 members (excludes halogenated alkanes) is 1. The number of hydrogen-bond donors (Lipinski definition) is 0. The van der Waals surface area contributed by atoms with E-state index in [9.17, 15) is 24.0 Å². The van der Waals surface area contributed by atoms with Crippen LogP contribution < -0.4 is 10.2 Å². The summed E-state index contributed by atoms with van der Waals surface area (Å²) in [7, 11) is 0. The minimum absolute atomic E-state index is 0.0101. The van der Waals surface area contributed by atoms with E-state index in [1.165, 1.54) is 31.2 Å². The number of epoxide rings is 1. The zero-order valence-electron chi connectivity index (χ0n) is 52.6. The summed E-state index contributed by atoms with van der Waals surface area (Å²) >= 11 is 1.59. The average Bonchev–Trinajstić information content (AvgIpc) is 4.29. The number of benzene rings is 3. The first kappa shape index (κ1) is 71.3. The Morgan fingerprint density at radius 2 is 1.12 bits per heavy atom. The van der Waals surface area contributed by atoms with Crippen LogP contribution in [-0.4, -0.2) is 82.8 Å². The molecule has 2 unspecified atom stereocenters. The quantitative estimate of drug-likeness (QED) is 0.0204. The molecule has 2 atom stereocenters. The molecule has 2 aliphatic heterocycles. The second-order valence-corrected chi connectivity index (χ2v) is 25.7. The lowest BCUT2D eigenvalue weighted by Gasteiger charge is -2.40. The van der Waals surface area contributed by atoms with Crippen molar-refractivity contribution < 1.29 is 52.3 Å². The second-order valence-electron chi connectivity index (χ2n) is 24.6. The van der Waals surface area contributed by atoms with Gasteiger partial charge in [-0.15, -0.1) is 11.3 Å². The maximum atomic E-state index is 12.7. The van der Waals surface area contributed by atoms with Gasteiger partial charge in [-0.05, 0) is 148 Å². The van der Waals surface area contributed by atoms with Gasteiger partial charge in [0, 0.05) is 20.2 Å². The summed E-state index contributed by atoms with van der Waals surface area (Å²) in [6.07, 6.45) is 10.2. The zero-order chi connectivity index (χ0) is 60.4. The van der Waals surface area contributed by atoms with Crippen molar-refractivity contribution in [3.05, 3.63) is 88.6 Å². The standard InChI is InChI=1S/C21H22O4S.C14H28O2.C12H22O3.C11H16.C9H16O3/c1-4-21(2,3)20(23)25-12-11-24-14-9-10-18-16(13-14)19(22)15-7-5-6-8-17(15)26-18;1-6-9-10-12(7-2)11-16-13(15)14(4,5)8-3;1-5-11(3,4)10(13)15-9-12(6-2)7-14-8-12;1-4-11(2,3)10-8-6-5-7-9-10;1-4-9(2,3)8(10)12-6-7-5-11-7/h5-10,13H,4,11-12H2,1-3H3;12H,6-11H2,1-5H3;5-9H2,1-4H3;5-9H,4H2,1-3H3;7H,4-6H2,1-3H3. The van der Waals surface area contributed by atoms with Gasteiger partial charge in [-0.25, -0.2) is 0 Å². The summed E-state index contributed by atoms with van der Waals surface area (Å²) in [6, 6.07) is 23.8. The summed E-state index contributed by atoms with van der Waals surface area (Å²) in [5.41, 5.74) is 0.347. The minimum Gasteiger partial charge on any atom is -0.490 e. The Kier molecular flexibility index (Phi) is 30.2. The fourth-order valence-electron chi connectivity index (χ4n) is 7.04. The first-order valence-corrected chi connectivity index (χ1v) is 30.4. The van der Waals surface area contributed by atoms with Gasteiger partial charge >= 0.3 is 23.9 Å². The second kappa shape index (κ2) is 33.9. The smallest absolute Gasteiger partial charge is 0.311 e. The van der Waals surface area contributed by atoms with E-state index < -0.39 is 5.41 Å². The molecule has 4 aromatic rings. The number of carbonyl (C=O) groups excluding carboxylic acids is 4. The van der Waals surface area contributed by atoms with Crippen LogP contribution in [0, 0.1) is 33.0 Å². The summed E-state index contributed by atoms with van der Waals surface area (Å²) in [4.78, 5) is 59.5. The van der Waals surface area contributed by atoms with Crippen LogP contribution in [0.4, 0.5) is 0 Å². The third-order valence-electron chi connectivity index (χ3n) is 16.2. The minimum atomic E-state index is -0.483. The highest BCUT2D eigenvalue weighted by atomic mass is 32.1. The number of ether oxygens (including phenoxy) is 7. The molecule has 450 valence electrons. The topological polar surface area (TPSA) is 153 Å². The maximum Gasteiger partial charge on any atom is 0.311 e. The highest BCUT2D eigenvalue weighted by Gasteiger charge is 2.40. The Balaban J connectivity index is 0.000000356. The molecule has 0 N–H and O–H groups in total. The van der Waals surface area contributed by atoms with Crippen LogP contribution in [0.1, 0.15) is 194 Å². The Bertz CT molecular complexity index is 2530. The molecular formula is C67H104O12S. The molecule has 0 amide bonds. The van der Waals surface area contributed by atoms with Gasteiger partial charge < -0.3 is 33.2 Å². The van der Waals surface area contributed by atoms with Crippen LogP contribution in [0.2, 0.25) is 0 Å². The van der Waals surface area contributed by atoms with Crippen LogP contribution in [0.25, 0.3) is 20.2 Å². The first-order valence-electron chi connectivity index (χ1n) is 29.6. The maximum absolute atomic E-state index is 12.7. The highest BCUT2D eigenvalue weighted by Crippen LogP contribution is 2.33. The largest absolute Gasteiger partial charge is 0.490 e. The van der Waals surface area contributed by atoms with Gasteiger partial charge in [0.1, 0.15) is 38.3 Å². The van der Waals surface area contributed by atoms with Crippen molar-refractivity contribution in [1.29, 1.82) is 0 Å². The van der Waals surface area contributed by atoms with Crippen LogP contribution in [0.5, 0.6) is 5.75 Å². The number of rotatable bonds is 25. The molecule has 12 nitrogen and oxygen atoms in total. The van der Waals surface area contributed by atoms with Gasteiger partial charge in [-0.3, -0.25) is 24.0 Å². The molecule has 6 rings (SSSR count). The molecule has 13 heteroatoms. The average molecular weight is 1130 g/mol. The van der Waals surface area contributed by atoms with Crippen LogP contribution in [0.15, 0.2) is 77.6 Å². The van der Waals surface area contributed by atoms with Crippen molar-refractivity contribution in [2.45, 2.75) is 200 Å². The van der Waals surface area contributed by atoms with Crippen LogP contribution in [-0.2, 0) is 53.0 Å². The normalized spacial score (nSPS) is 15.1. The van der Waals surface area contributed by atoms with Crippen molar-refractivity contribution in [3.8, 4) is 5.75 Å². The van der Waals surface area contributed by atoms with Crippen LogP contribution >= 0.6 is 11.3 Å². The van der Waals surface area contributed by atoms with E-state index in [1.807, 2.05) is 119 Å². The molecule has 1 aromatic heterocycles. The van der Waals surface area contributed by atoms with Crippen molar-refractivity contribution in [2.75, 3.05) is 52.9 Å². The van der Waals surface area contributed by atoms with E-state index in [-0.39, 0.29) is 70.3 Å². The summed E-state index contributed by atoms with van der Waals surface area (Å²) in [6.45, 7) is 40.6. The molecule has 2 fully saturated rings. The van der Waals surface area contributed by atoms with E-state index in [4.69, 9.17) is 33.2 Å². The summed E-state index contributed by atoms with van der Waals surface area (Å²) < 4.78 is 38.8. The van der Waals surface area contributed by atoms with E-state index in [2.05, 4.69) is 71.9 Å². The van der Waals surface area contributed by atoms with E-state index >= 15 is 0 Å². The summed E-state index contributed by atoms with van der Waals surface area (Å²) in [5.74, 6) is 0.645. The van der Waals surface area contributed by atoms with Crippen molar-refractivity contribution in [2.24, 2.45) is 33.0 Å². The lowest BCUT2D eigenvalue weighted by molar-refractivity contribution is -0.178. The molecule has 0 aliphatic carbocycles. The van der Waals surface area contributed by atoms with E-state index in [0.29, 0.717) is 42.3 Å². The third kappa shape index (κ3) is 23.6. The molecule has 3 heterocycles. The summed E-state index contributed by atoms with van der Waals surface area (Å²) in [5, 5.41) is 1.37. The lowest BCUT2D eigenvalue weighted by atomic mass is 9.82. The molecular weight excluding hydrogens is 1030 g/mol. The molecule has 0 spiro atoms. The van der Waals surface area contributed by atoms with Crippen molar-refractivity contribution in [1.82, 2.24) is 0 Å². The molecule has 3 aromatic carbocycles. The van der Waals surface area contributed by atoms with Gasteiger partial charge in [-0.2, -0.15) is 0 Å². The van der Waals surface area contributed by atoms with Crippen molar-refractivity contribution in [3.63, 3.8) is 0 Å². The Morgan fingerprint density at radius 3 is 1.61 bits per heavy atom. The zero-order valence-corrected chi connectivity index (χ0v) is 53.4. The number of esters is 4. The fraction of sp³-hybridized carbons (Fsp3) is 0.657.